The Kier molecular flexibility index (Phi) is 5.22. The molecule has 1 unspecified atom stereocenters. The van der Waals surface area contributed by atoms with Crippen LogP contribution >= 0.6 is 15.9 Å². The Labute approximate surface area is 150 Å². The molecule has 0 radical (unpaired) electrons. The van der Waals surface area contributed by atoms with Gasteiger partial charge in [-0.1, -0.05) is 15.9 Å². The lowest BCUT2D eigenvalue weighted by atomic mass is 10.1. The Morgan fingerprint density at radius 3 is 2.75 bits per heavy atom. The van der Waals surface area contributed by atoms with Crippen LogP contribution in [0.4, 0.5) is 0 Å². The molecule has 128 valence electrons. The van der Waals surface area contributed by atoms with Crippen LogP contribution in [0.3, 0.4) is 0 Å². The highest BCUT2D eigenvalue weighted by Gasteiger charge is 2.37. The van der Waals surface area contributed by atoms with E-state index >= 15 is 0 Å². The maximum atomic E-state index is 13.3. The number of sulfonamides is 1. The molecule has 1 atom stereocenters. The summed E-state index contributed by atoms with van der Waals surface area (Å²) in [5.74, 6) is 0.390. The van der Waals surface area contributed by atoms with Gasteiger partial charge in [0.15, 0.2) is 0 Å². The Morgan fingerprint density at radius 2 is 2.04 bits per heavy atom. The second-order valence-electron chi connectivity index (χ2n) is 5.58. The van der Waals surface area contributed by atoms with Gasteiger partial charge < -0.3 is 4.74 Å². The zero-order chi connectivity index (χ0) is 17.2. The summed E-state index contributed by atoms with van der Waals surface area (Å²) in [4.78, 5) is 4.23. The summed E-state index contributed by atoms with van der Waals surface area (Å²) in [5.41, 5.74) is 0.971. The average Bonchev–Trinajstić information content (AvgIpc) is 3.08. The minimum Gasteiger partial charge on any atom is -0.492 e. The second-order valence-corrected chi connectivity index (χ2v) is 8.35. The van der Waals surface area contributed by atoms with Crippen molar-refractivity contribution in [3.63, 3.8) is 0 Å². The van der Waals surface area contributed by atoms with Crippen molar-refractivity contribution in [2.75, 3.05) is 13.2 Å². The van der Waals surface area contributed by atoms with E-state index in [2.05, 4.69) is 20.9 Å². The van der Waals surface area contributed by atoms with Gasteiger partial charge in [-0.3, -0.25) is 4.98 Å². The molecule has 1 fully saturated rings. The van der Waals surface area contributed by atoms with Crippen molar-refractivity contribution in [3.8, 4) is 5.75 Å². The van der Waals surface area contributed by atoms with Crippen molar-refractivity contribution in [1.29, 1.82) is 0 Å². The van der Waals surface area contributed by atoms with Crippen LogP contribution in [0, 0.1) is 0 Å². The number of pyridine rings is 1. The zero-order valence-electron chi connectivity index (χ0n) is 13.4. The number of hydrogen-bond donors (Lipinski definition) is 0. The highest BCUT2D eigenvalue weighted by atomic mass is 79.9. The van der Waals surface area contributed by atoms with Crippen molar-refractivity contribution in [1.82, 2.24) is 9.29 Å². The Balaban J connectivity index is 2.03. The Hall–Kier alpha value is -1.44. The van der Waals surface area contributed by atoms with Gasteiger partial charge in [0.1, 0.15) is 10.6 Å². The van der Waals surface area contributed by atoms with Crippen LogP contribution in [0.1, 0.15) is 31.4 Å². The topological polar surface area (TPSA) is 59.5 Å². The fourth-order valence-corrected chi connectivity index (χ4v) is 5.39. The molecular weight excluding hydrogens is 392 g/mol. The number of hydrogen-bond acceptors (Lipinski definition) is 4. The molecule has 0 N–H and O–H groups in total. The number of ether oxygens (including phenoxy) is 1. The number of nitrogens with zero attached hydrogens (tertiary/aromatic N) is 2. The van der Waals surface area contributed by atoms with Crippen LogP contribution in [0.15, 0.2) is 52.1 Å². The number of rotatable bonds is 5. The maximum Gasteiger partial charge on any atom is 0.247 e. The third kappa shape index (κ3) is 3.34. The van der Waals surface area contributed by atoms with Crippen molar-refractivity contribution >= 4 is 26.0 Å². The molecule has 2 heterocycles. The largest absolute Gasteiger partial charge is 0.492 e. The summed E-state index contributed by atoms with van der Waals surface area (Å²) in [7, 11) is -3.65. The number of aromatic nitrogens is 1. The van der Waals surface area contributed by atoms with Crippen molar-refractivity contribution in [2.24, 2.45) is 0 Å². The lowest BCUT2D eigenvalue weighted by Crippen LogP contribution is -2.31. The number of halogens is 1. The van der Waals surface area contributed by atoms with Crippen LogP contribution < -0.4 is 4.74 Å². The minimum absolute atomic E-state index is 0.161. The first-order chi connectivity index (χ1) is 11.5. The quantitative estimate of drug-likeness (QED) is 0.752. The summed E-state index contributed by atoms with van der Waals surface area (Å²) in [6.45, 7) is 2.76. The molecule has 0 aliphatic carbocycles. The van der Waals surface area contributed by atoms with Gasteiger partial charge in [-0.25, -0.2) is 8.42 Å². The zero-order valence-corrected chi connectivity index (χ0v) is 15.8. The van der Waals surface area contributed by atoms with Crippen LogP contribution in [0.25, 0.3) is 0 Å². The van der Waals surface area contributed by atoms with Crippen LogP contribution in [-0.4, -0.2) is 30.9 Å². The smallest absolute Gasteiger partial charge is 0.247 e. The molecular formula is C17H19BrN2O3S. The molecule has 3 rings (SSSR count). The van der Waals surface area contributed by atoms with Gasteiger partial charge in [0, 0.05) is 23.4 Å². The average molecular weight is 411 g/mol. The van der Waals surface area contributed by atoms with E-state index in [9.17, 15) is 8.42 Å². The third-order valence-electron chi connectivity index (χ3n) is 4.09. The first-order valence-electron chi connectivity index (χ1n) is 7.88. The molecule has 0 saturated carbocycles. The van der Waals surface area contributed by atoms with Gasteiger partial charge >= 0.3 is 0 Å². The van der Waals surface area contributed by atoms with E-state index in [1.165, 1.54) is 0 Å². The summed E-state index contributed by atoms with van der Waals surface area (Å²) < 4.78 is 34.4. The molecule has 1 aromatic carbocycles. The van der Waals surface area contributed by atoms with E-state index in [1.807, 2.05) is 19.1 Å². The molecule has 1 aliphatic heterocycles. The lowest BCUT2D eigenvalue weighted by Gasteiger charge is -2.25. The second kappa shape index (κ2) is 7.21. The van der Waals surface area contributed by atoms with Crippen LogP contribution in [0.2, 0.25) is 0 Å². The van der Waals surface area contributed by atoms with Gasteiger partial charge in [-0.2, -0.15) is 4.31 Å². The van der Waals surface area contributed by atoms with Crippen LogP contribution in [0.5, 0.6) is 5.75 Å². The number of benzene rings is 1. The standard InChI is InChI=1S/C17H19BrN2O3S/c1-2-23-16-6-5-14(18)12-17(16)24(21,22)20-11-3-4-15(20)13-7-9-19-10-8-13/h5-10,12,15H,2-4,11H2,1H3. The molecule has 0 spiro atoms. The Morgan fingerprint density at radius 1 is 1.29 bits per heavy atom. The normalized spacial score (nSPS) is 18.7. The molecule has 5 nitrogen and oxygen atoms in total. The summed E-state index contributed by atoms with van der Waals surface area (Å²) in [6.07, 6.45) is 5.04. The molecule has 0 bridgehead atoms. The first kappa shape index (κ1) is 17.4. The van der Waals surface area contributed by atoms with Gasteiger partial charge in [0.05, 0.1) is 12.6 Å². The van der Waals surface area contributed by atoms with E-state index in [4.69, 9.17) is 4.74 Å². The van der Waals surface area contributed by atoms with Crippen molar-refractivity contribution < 1.29 is 13.2 Å². The third-order valence-corrected chi connectivity index (χ3v) is 6.51. The predicted octanol–water partition coefficient (Wildman–Crippen LogP) is 3.77. The van der Waals surface area contributed by atoms with Gasteiger partial charge in [-0.15, -0.1) is 0 Å². The van der Waals surface area contributed by atoms with E-state index in [0.29, 0.717) is 23.4 Å². The SMILES string of the molecule is CCOc1ccc(Br)cc1S(=O)(=O)N1CCCC1c1ccncc1. The molecule has 24 heavy (non-hydrogen) atoms. The Bertz CT molecular complexity index is 812. The molecule has 7 heteroatoms. The highest BCUT2D eigenvalue weighted by Crippen LogP contribution is 2.39. The summed E-state index contributed by atoms with van der Waals surface area (Å²) in [6, 6.07) is 8.69. The van der Waals surface area contributed by atoms with Gasteiger partial charge in [0.25, 0.3) is 0 Å². The predicted molar refractivity (Wildman–Crippen MR) is 95.4 cm³/mol. The summed E-state index contributed by atoms with van der Waals surface area (Å²) >= 11 is 3.36. The lowest BCUT2D eigenvalue weighted by molar-refractivity contribution is 0.327. The fourth-order valence-electron chi connectivity index (χ4n) is 3.03. The monoisotopic (exact) mass is 410 g/mol. The van der Waals surface area contributed by atoms with E-state index in [1.54, 1.807) is 34.9 Å². The molecule has 1 aliphatic rings. The van der Waals surface area contributed by atoms with Crippen molar-refractivity contribution in [2.45, 2.75) is 30.7 Å². The molecule has 0 amide bonds. The first-order valence-corrected chi connectivity index (χ1v) is 10.1. The van der Waals surface area contributed by atoms with Crippen molar-refractivity contribution in [3.05, 3.63) is 52.8 Å². The summed E-state index contributed by atoms with van der Waals surface area (Å²) in [5, 5.41) is 0. The van der Waals surface area contributed by atoms with E-state index < -0.39 is 10.0 Å². The maximum absolute atomic E-state index is 13.3. The van der Waals surface area contributed by atoms with Crippen LogP contribution in [-0.2, 0) is 10.0 Å². The molecule has 1 aromatic heterocycles. The molecule has 1 saturated heterocycles. The molecule has 2 aromatic rings. The highest BCUT2D eigenvalue weighted by molar-refractivity contribution is 9.10. The van der Waals surface area contributed by atoms with Gasteiger partial charge in [-0.05, 0) is 55.7 Å². The van der Waals surface area contributed by atoms with Gasteiger partial charge in [0.2, 0.25) is 10.0 Å². The minimum atomic E-state index is -3.65. The van der Waals surface area contributed by atoms with E-state index in [-0.39, 0.29) is 10.9 Å². The fraction of sp³-hybridized carbons (Fsp3) is 0.353. The van der Waals surface area contributed by atoms with E-state index in [0.717, 1.165) is 18.4 Å².